The molecule has 0 spiro atoms. The lowest BCUT2D eigenvalue weighted by Crippen LogP contribution is -2.52. The van der Waals surface area contributed by atoms with Gasteiger partial charge in [-0.15, -0.1) is 0 Å². The quantitative estimate of drug-likeness (QED) is 0.580. The highest BCUT2D eigenvalue weighted by Gasteiger charge is 2.60. The zero-order chi connectivity index (χ0) is 20.1. The van der Waals surface area contributed by atoms with Gasteiger partial charge in [0.25, 0.3) is 0 Å². The fraction of sp³-hybridized carbons (Fsp3) is 0.840. The van der Waals surface area contributed by atoms with Gasteiger partial charge in [0.15, 0.2) is 5.78 Å². The molecule has 0 aromatic rings. The Kier molecular flexibility index (Phi) is 5.25. The summed E-state index contributed by atoms with van der Waals surface area (Å²) in [5.74, 6) is 3.85. The average molecular weight is 387 g/mol. The summed E-state index contributed by atoms with van der Waals surface area (Å²) in [4.78, 5) is 23.4. The van der Waals surface area contributed by atoms with Gasteiger partial charge in [-0.05, 0) is 97.9 Å². The van der Waals surface area contributed by atoms with Crippen molar-refractivity contribution in [3.8, 4) is 0 Å². The molecule has 7 atom stereocenters. The predicted molar refractivity (Wildman–Crippen MR) is 111 cm³/mol. The standard InChI is InChI=1S/C25H38O3/c1-5-17-14-20-21-7-6-18(10-13-28-16(2)26)24(21,3)12-9-22(20)25(4)11-8-19(27)15-23(17)25/h15,17-18,20-22H,5-14H2,1-4H3/t17-,18-,20?,21?,22?,24-,25-/m1/s1. The zero-order valence-electron chi connectivity index (χ0n) is 18.3. The first-order chi connectivity index (χ1) is 13.3. The average Bonchev–Trinajstić information content (AvgIpc) is 2.98. The molecule has 0 amide bonds. The molecule has 0 aromatic carbocycles. The van der Waals surface area contributed by atoms with Crippen molar-refractivity contribution in [1.29, 1.82) is 0 Å². The highest BCUT2D eigenvalue weighted by Crippen LogP contribution is 2.68. The van der Waals surface area contributed by atoms with Crippen LogP contribution in [0.1, 0.15) is 85.5 Å². The number of hydrogen-bond donors (Lipinski definition) is 0. The Morgan fingerprint density at radius 3 is 2.68 bits per heavy atom. The molecule has 3 saturated carbocycles. The molecular weight excluding hydrogens is 348 g/mol. The highest BCUT2D eigenvalue weighted by molar-refractivity contribution is 5.91. The topological polar surface area (TPSA) is 43.4 Å². The largest absolute Gasteiger partial charge is 0.466 e. The van der Waals surface area contributed by atoms with Crippen molar-refractivity contribution >= 4 is 11.8 Å². The zero-order valence-corrected chi connectivity index (χ0v) is 18.3. The smallest absolute Gasteiger partial charge is 0.302 e. The fourth-order valence-corrected chi connectivity index (χ4v) is 8.10. The summed E-state index contributed by atoms with van der Waals surface area (Å²) in [6, 6.07) is 0. The molecular formula is C25H38O3. The Balaban J connectivity index is 1.58. The van der Waals surface area contributed by atoms with E-state index in [-0.39, 0.29) is 11.4 Å². The van der Waals surface area contributed by atoms with Crippen LogP contribution in [0.3, 0.4) is 0 Å². The van der Waals surface area contributed by atoms with Crippen molar-refractivity contribution in [3.63, 3.8) is 0 Å². The molecule has 4 aliphatic carbocycles. The van der Waals surface area contributed by atoms with Gasteiger partial charge in [-0.2, -0.15) is 0 Å². The lowest BCUT2D eigenvalue weighted by molar-refractivity contribution is -0.141. The third-order valence-corrected chi connectivity index (χ3v) is 9.58. The second-order valence-electron chi connectivity index (χ2n) is 10.6. The maximum Gasteiger partial charge on any atom is 0.302 e. The van der Waals surface area contributed by atoms with Crippen LogP contribution in [0.2, 0.25) is 0 Å². The van der Waals surface area contributed by atoms with Crippen LogP contribution in [-0.2, 0) is 14.3 Å². The summed E-state index contributed by atoms with van der Waals surface area (Å²) in [6.45, 7) is 9.43. The highest BCUT2D eigenvalue weighted by atomic mass is 16.5. The molecule has 3 unspecified atom stereocenters. The lowest BCUT2D eigenvalue weighted by Gasteiger charge is -2.60. The van der Waals surface area contributed by atoms with Crippen molar-refractivity contribution in [1.82, 2.24) is 0 Å². The van der Waals surface area contributed by atoms with Crippen molar-refractivity contribution in [2.45, 2.75) is 85.5 Å². The van der Waals surface area contributed by atoms with E-state index in [1.807, 2.05) is 0 Å². The van der Waals surface area contributed by atoms with Gasteiger partial charge in [-0.1, -0.05) is 26.3 Å². The molecule has 3 nitrogen and oxygen atoms in total. The normalized spacial score (nSPS) is 44.9. The Labute approximate surface area is 170 Å². The van der Waals surface area contributed by atoms with Crippen molar-refractivity contribution in [2.24, 2.45) is 40.4 Å². The number of carbonyl (C=O) groups is 2. The van der Waals surface area contributed by atoms with E-state index in [2.05, 4.69) is 26.8 Å². The van der Waals surface area contributed by atoms with E-state index in [9.17, 15) is 9.59 Å². The van der Waals surface area contributed by atoms with E-state index in [4.69, 9.17) is 4.74 Å². The molecule has 0 aromatic heterocycles. The van der Waals surface area contributed by atoms with E-state index < -0.39 is 0 Å². The van der Waals surface area contributed by atoms with E-state index in [0.29, 0.717) is 29.6 Å². The van der Waals surface area contributed by atoms with Gasteiger partial charge in [-0.25, -0.2) is 0 Å². The Morgan fingerprint density at radius 2 is 1.96 bits per heavy atom. The first kappa shape index (κ1) is 20.2. The molecule has 0 heterocycles. The monoisotopic (exact) mass is 386 g/mol. The Morgan fingerprint density at radius 1 is 1.18 bits per heavy atom. The minimum atomic E-state index is -0.152. The number of ether oxygens (including phenoxy) is 1. The third-order valence-electron chi connectivity index (χ3n) is 9.58. The molecule has 0 radical (unpaired) electrons. The van der Waals surface area contributed by atoms with Crippen LogP contribution in [0.25, 0.3) is 0 Å². The minimum Gasteiger partial charge on any atom is -0.466 e. The summed E-state index contributed by atoms with van der Waals surface area (Å²) in [5, 5.41) is 0. The third kappa shape index (κ3) is 3.08. The molecule has 0 bridgehead atoms. The van der Waals surface area contributed by atoms with Crippen LogP contribution < -0.4 is 0 Å². The Hall–Kier alpha value is -1.12. The first-order valence-electron chi connectivity index (χ1n) is 11.7. The molecule has 0 saturated heterocycles. The summed E-state index contributed by atoms with van der Waals surface area (Å²) in [5.41, 5.74) is 2.15. The summed E-state index contributed by atoms with van der Waals surface area (Å²) in [6.07, 6.45) is 12.6. The number of esters is 1. The fourth-order valence-electron chi connectivity index (χ4n) is 8.10. The second-order valence-corrected chi connectivity index (χ2v) is 10.6. The molecule has 28 heavy (non-hydrogen) atoms. The van der Waals surface area contributed by atoms with Crippen LogP contribution in [-0.4, -0.2) is 18.4 Å². The van der Waals surface area contributed by atoms with E-state index in [1.165, 1.54) is 44.6 Å². The number of allylic oxidation sites excluding steroid dienone is 1. The van der Waals surface area contributed by atoms with Gasteiger partial charge < -0.3 is 4.74 Å². The van der Waals surface area contributed by atoms with Gasteiger partial charge in [0.1, 0.15) is 0 Å². The van der Waals surface area contributed by atoms with Crippen molar-refractivity contribution in [3.05, 3.63) is 11.6 Å². The van der Waals surface area contributed by atoms with Gasteiger partial charge in [-0.3, -0.25) is 9.59 Å². The number of hydrogen-bond acceptors (Lipinski definition) is 3. The number of carbonyl (C=O) groups excluding carboxylic acids is 2. The lowest BCUT2D eigenvalue weighted by atomic mass is 9.45. The van der Waals surface area contributed by atoms with Crippen molar-refractivity contribution < 1.29 is 14.3 Å². The van der Waals surface area contributed by atoms with Crippen LogP contribution in [0, 0.1) is 40.4 Å². The Bertz CT molecular complexity index is 679. The molecule has 156 valence electrons. The van der Waals surface area contributed by atoms with Crippen LogP contribution in [0.4, 0.5) is 0 Å². The molecule has 3 fully saturated rings. The summed E-state index contributed by atoms with van der Waals surface area (Å²) >= 11 is 0. The number of ketones is 1. The molecule has 4 rings (SSSR count). The SMILES string of the molecule is CC[C@@H]1CC2C(CC[C@@]3(C)C2CC[C@@H]3CCOC(C)=O)[C@@]2(C)CCC(=O)C=C12. The van der Waals surface area contributed by atoms with E-state index >= 15 is 0 Å². The first-order valence-corrected chi connectivity index (χ1v) is 11.7. The summed E-state index contributed by atoms with van der Waals surface area (Å²) < 4.78 is 5.29. The molecule has 3 heteroatoms. The number of rotatable bonds is 4. The van der Waals surface area contributed by atoms with Crippen LogP contribution in [0.5, 0.6) is 0 Å². The molecule has 0 aliphatic heterocycles. The number of fused-ring (bicyclic) bond motifs is 5. The molecule has 0 N–H and O–H groups in total. The van der Waals surface area contributed by atoms with Crippen LogP contribution in [0.15, 0.2) is 11.6 Å². The maximum atomic E-state index is 12.2. The van der Waals surface area contributed by atoms with Crippen molar-refractivity contribution in [2.75, 3.05) is 6.61 Å². The second kappa shape index (κ2) is 7.29. The van der Waals surface area contributed by atoms with E-state index in [1.54, 1.807) is 0 Å². The summed E-state index contributed by atoms with van der Waals surface area (Å²) in [7, 11) is 0. The van der Waals surface area contributed by atoms with Crippen LogP contribution >= 0.6 is 0 Å². The molecule has 4 aliphatic rings. The minimum absolute atomic E-state index is 0.152. The maximum absolute atomic E-state index is 12.2. The van der Waals surface area contributed by atoms with Gasteiger partial charge in [0, 0.05) is 13.3 Å². The van der Waals surface area contributed by atoms with Gasteiger partial charge >= 0.3 is 5.97 Å². The van der Waals surface area contributed by atoms with E-state index in [0.717, 1.165) is 43.4 Å². The predicted octanol–water partition coefficient (Wildman–Crippen LogP) is 5.72. The van der Waals surface area contributed by atoms with Gasteiger partial charge in [0.05, 0.1) is 6.61 Å². The van der Waals surface area contributed by atoms with Gasteiger partial charge in [0.2, 0.25) is 0 Å².